The van der Waals surface area contributed by atoms with Gasteiger partial charge in [-0.3, -0.25) is 14.5 Å². The van der Waals surface area contributed by atoms with E-state index in [9.17, 15) is 19.6 Å². The SMILES string of the molecule is C=CCN1C(=O)C(C#N)=C(C)/C(=C/c2ccc(-c3ccc(Cl)c(C(=O)OC(C)C)c3)o2)C1=O. The first-order valence-corrected chi connectivity index (χ1v) is 10.5. The quantitative estimate of drug-likeness (QED) is 0.259. The molecule has 2 aromatic rings. The highest BCUT2D eigenvalue weighted by atomic mass is 35.5. The molecule has 0 radical (unpaired) electrons. The van der Waals surface area contributed by atoms with Crippen molar-refractivity contribution in [3.63, 3.8) is 0 Å². The van der Waals surface area contributed by atoms with Gasteiger partial charge in [-0.15, -0.1) is 6.58 Å². The van der Waals surface area contributed by atoms with E-state index in [2.05, 4.69) is 6.58 Å². The number of benzene rings is 1. The smallest absolute Gasteiger partial charge is 0.339 e. The fourth-order valence-electron chi connectivity index (χ4n) is 3.26. The van der Waals surface area contributed by atoms with Gasteiger partial charge in [-0.25, -0.2) is 4.79 Å². The van der Waals surface area contributed by atoms with Crippen LogP contribution in [0.5, 0.6) is 0 Å². The third-order valence-electron chi connectivity index (χ3n) is 4.86. The number of ether oxygens (including phenoxy) is 1. The van der Waals surface area contributed by atoms with E-state index >= 15 is 0 Å². The lowest BCUT2D eigenvalue weighted by Crippen LogP contribution is -2.42. The topological polar surface area (TPSA) is 101 Å². The first kappa shape index (κ1) is 23.8. The molecule has 1 aromatic carbocycles. The lowest BCUT2D eigenvalue weighted by Gasteiger charge is -2.26. The first-order chi connectivity index (χ1) is 15.7. The maximum atomic E-state index is 12.9. The van der Waals surface area contributed by atoms with Gasteiger partial charge in [-0.05, 0) is 62.8 Å². The molecule has 0 fully saturated rings. The third-order valence-corrected chi connectivity index (χ3v) is 5.19. The molecule has 0 bridgehead atoms. The number of carbonyl (C=O) groups excluding carboxylic acids is 3. The Morgan fingerprint density at radius 1 is 1.27 bits per heavy atom. The van der Waals surface area contributed by atoms with Gasteiger partial charge >= 0.3 is 5.97 Å². The van der Waals surface area contributed by atoms with E-state index in [-0.39, 0.29) is 40.0 Å². The molecule has 8 heteroatoms. The van der Waals surface area contributed by atoms with Crippen molar-refractivity contribution in [3.8, 4) is 17.4 Å². The standard InChI is InChI=1S/C25H21ClN2O5/c1-5-10-28-23(29)18(15(4)20(13-27)24(28)30)12-17-7-9-22(33-17)16-6-8-21(26)19(11-16)25(31)32-14(2)3/h5-9,11-12,14H,1,10H2,2-4H3/b18-12-. The average Bonchev–Trinajstić information content (AvgIpc) is 3.23. The van der Waals surface area contributed by atoms with Crippen LogP contribution in [0.15, 0.2) is 64.1 Å². The van der Waals surface area contributed by atoms with E-state index in [1.165, 1.54) is 12.2 Å². The number of rotatable bonds is 6. The van der Waals surface area contributed by atoms with E-state index in [0.29, 0.717) is 17.1 Å². The Morgan fingerprint density at radius 2 is 2.00 bits per heavy atom. The van der Waals surface area contributed by atoms with Gasteiger partial charge in [0.2, 0.25) is 0 Å². The second-order valence-electron chi connectivity index (χ2n) is 7.53. The van der Waals surface area contributed by atoms with Crippen LogP contribution in [0.1, 0.15) is 36.9 Å². The Balaban J connectivity index is 1.99. The van der Waals surface area contributed by atoms with Gasteiger partial charge in [0.05, 0.1) is 16.7 Å². The average molecular weight is 465 g/mol. The summed E-state index contributed by atoms with van der Waals surface area (Å²) >= 11 is 6.16. The molecule has 0 aliphatic carbocycles. The number of imide groups is 1. The minimum Gasteiger partial charge on any atom is -0.459 e. The van der Waals surface area contributed by atoms with Crippen molar-refractivity contribution >= 4 is 35.5 Å². The zero-order chi connectivity index (χ0) is 24.3. The van der Waals surface area contributed by atoms with Crippen LogP contribution in [0.2, 0.25) is 5.02 Å². The number of nitrogens with zero attached hydrogens (tertiary/aromatic N) is 2. The molecule has 168 valence electrons. The summed E-state index contributed by atoms with van der Waals surface area (Å²) in [7, 11) is 0. The van der Waals surface area contributed by atoms with Crippen LogP contribution in [0.4, 0.5) is 0 Å². The highest BCUT2D eigenvalue weighted by Gasteiger charge is 2.34. The van der Waals surface area contributed by atoms with Crippen LogP contribution >= 0.6 is 11.6 Å². The van der Waals surface area contributed by atoms with Crippen molar-refractivity contribution in [2.75, 3.05) is 6.54 Å². The Kier molecular flexibility index (Phi) is 7.00. The second-order valence-corrected chi connectivity index (χ2v) is 7.94. The number of hydrogen-bond acceptors (Lipinski definition) is 6. The molecule has 2 heterocycles. The number of hydrogen-bond donors (Lipinski definition) is 0. The Bertz CT molecular complexity index is 1260. The molecule has 0 unspecified atom stereocenters. The van der Waals surface area contributed by atoms with E-state index < -0.39 is 17.8 Å². The van der Waals surface area contributed by atoms with Gasteiger partial charge in [-0.2, -0.15) is 5.26 Å². The minimum atomic E-state index is -0.654. The summed E-state index contributed by atoms with van der Waals surface area (Å²) in [5.74, 6) is -0.977. The van der Waals surface area contributed by atoms with Crippen molar-refractivity contribution in [1.29, 1.82) is 5.26 Å². The normalized spacial score (nSPS) is 15.3. The maximum absolute atomic E-state index is 12.9. The molecular weight excluding hydrogens is 444 g/mol. The predicted octanol–water partition coefficient (Wildman–Crippen LogP) is 4.94. The van der Waals surface area contributed by atoms with Crippen molar-refractivity contribution in [2.45, 2.75) is 26.9 Å². The van der Waals surface area contributed by atoms with E-state index in [1.54, 1.807) is 51.1 Å². The summed E-state index contributed by atoms with van der Waals surface area (Å²) in [5.41, 5.74) is 1.13. The zero-order valence-electron chi connectivity index (χ0n) is 18.3. The highest BCUT2D eigenvalue weighted by molar-refractivity contribution is 6.33. The lowest BCUT2D eigenvalue weighted by molar-refractivity contribution is -0.139. The van der Waals surface area contributed by atoms with E-state index in [1.807, 2.05) is 6.07 Å². The fraction of sp³-hybridized carbons (Fsp3) is 0.200. The summed E-state index contributed by atoms with van der Waals surface area (Å²) in [6.45, 7) is 8.57. The number of esters is 1. The summed E-state index contributed by atoms with van der Waals surface area (Å²) in [4.78, 5) is 38.5. The number of halogens is 1. The molecule has 0 atom stereocenters. The third kappa shape index (κ3) is 4.81. The van der Waals surface area contributed by atoms with Gasteiger partial charge in [0.25, 0.3) is 11.8 Å². The number of furan rings is 1. The molecular formula is C25H21ClN2O5. The van der Waals surface area contributed by atoms with Gasteiger partial charge in [0, 0.05) is 17.7 Å². The van der Waals surface area contributed by atoms with Crippen molar-refractivity contribution in [1.82, 2.24) is 4.90 Å². The molecule has 0 saturated carbocycles. The van der Waals surface area contributed by atoms with Crippen LogP contribution in [-0.4, -0.2) is 35.3 Å². The fourth-order valence-corrected chi connectivity index (χ4v) is 3.46. The van der Waals surface area contributed by atoms with Crippen molar-refractivity contribution in [3.05, 3.63) is 76.1 Å². The molecule has 1 aromatic heterocycles. The Hall–Kier alpha value is -3.89. The summed E-state index contributed by atoms with van der Waals surface area (Å²) in [6.07, 6.45) is 2.59. The van der Waals surface area contributed by atoms with Crippen LogP contribution in [0.25, 0.3) is 17.4 Å². The lowest BCUT2D eigenvalue weighted by atomic mass is 9.94. The van der Waals surface area contributed by atoms with Gasteiger partial charge in [0.1, 0.15) is 23.2 Å². The molecule has 1 aliphatic heterocycles. The van der Waals surface area contributed by atoms with Gasteiger partial charge < -0.3 is 9.15 Å². The van der Waals surface area contributed by atoms with E-state index in [4.69, 9.17) is 20.8 Å². The highest BCUT2D eigenvalue weighted by Crippen LogP contribution is 2.31. The zero-order valence-corrected chi connectivity index (χ0v) is 19.1. The molecule has 7 nitrogen and oxygen atoms in total. The summed E-state index contributed by atoms with van der Waals surface area (Å²) in [6, 6.07) is 10.0. The molecule has 0 saturated heterocycles. The minimum absolute atomic E-state index is 0.0170. The number of amides is 2. The predicted molar refractivity (Wildman–Crippen MR) is 123 cm³/mol. The Labute approximate surface area is 196 Å². The second kappa shape index (κ2) is 9.72. The molecule has 1 aliphatic rings. The van der Waals surface area contributed by atoms with Crippen LogP contribution in [0, 0.1) is 11.3 Å². The molecule has 2 amide bonds. The summed E-state index contributed by atoms with van der Waals surface area (Å²) in [5, 5.41) is 9.65. The number of nitriles is 1. The Morgan fingerprint density at radius 3 is 2.64 bits per heavy atom. The van der Waals surface area contributed by atoms with Gasteiger partial charge in [0.15, 0.2) is 0 Å². The van der Waals surface area contributed by atoms with Crippen LogP contribution in [-0.2, 0) is 14.3 Å². The molecule has 0 spiro atoms. The van der Waals surface area contributed by atoms with Crippen LogP contribution < -0.4 is 0 Å². The molecule has 3 rings (SSSR count). The van der Waals surface area contributed by atoms with Crippen molar-refractivity contribution < 1.29 is 23.5 Å². The maximum Gasteiger partial charge on any atom is 0.339 e. The van der Waals surface area contributed by atoms with Crippen molar-refractivity contribution in [2.24, 2.45) is 0 Å². The largest absolute Gasteiger partial charge is 0.459 e. The van der Waals surface area contributed by atoms with E-state index in [0.717, 1.165) is 4.90 Å². The monoisotopic (exact) mass is 464 g/mol. The first-order valence-electron chi connectivity index (χ1n) is 10.1. The molecule has 0 N–H and O–H groups in total. The summed E-state index contributed by atoms with van der Waals surface area (Å²) < 4.78 is 11.1. The molecule has 33 heavy (non-hydrogen) atoms. The van der Waals surface area contributed by atoms with Gasteiger partial charge in [-0.1, -0.05) is 17.7 Å². The van der Waals surface area contributed by atoms with Crippen LogP contribution in [0.3, 0.4) is 0 Å². The number of carbonyl (C=O) groups is 3.